The molecule has 0 bridgehead atoms. The summed E-state index contributed by atoms with van der Waals surface area (Å²) in [5.74, 6) is -1.37. The molecule has 198 valence electrons. The van der Waals surface area contributed by atoms with E-state index in [0.717, 1.165) is 31.4 Å². The number of rotatable bonds is 10. The highest BCUT2D eigenvalue weighted by Gasteiger charge is 2.30. The summed E-state index contributed by atoms with van der Waals surface area (Å²) in [6, 6.07) is 4.62. The molecule has 0 unspecified atom stereocenters. The van der Waals surface area contributed by atoms with Crippen molar-refractivity contribution in [3.63, 3.8) is 0 Å². The van der Waals surface area contributed by atoms with E-state index in [1.807, 2.05) is 13.8 Å². The molecule has 2 aromatic heterocycles. The number of aromatic carboxylic acids is 1. The summed E-state index contributed by atoms with van der Waals surface area (Å²) in [6.45, 7) is 4.78. The monoisotopic (exact) mass is 518 g/mol. The molecule has 1 aromatic carbocycles. The lowest BCUT2D eigenvalue weighted by Gasteiger charge is -2.25. The minimum Gasteiger partial charge on any atom is -0.475 e. The molecule has 4 rings (SSSR count). The Bertz CT molecular complexity index is 1280. The van der Waals surface area contributed by atoms with Crippen molar-refractivity contribution in [3.8, 4) is 0 Å². The first-order valence-electron chi connectivity index (χ1n) is 12.2. The number of nitrogens with one attached hydrogen (secondary N) is 2. The van der Waals surface area contributed by atoms with Crippen LogP contribution < -0.4 is 10.6 Å². The summed E-state index contributed by atoms with van der Waals surface area (Å²) in [4.78, 5) is 37.3. The summed E-state index contributed by atoms with van der Waals surface area (Å²) < 4.78 is 40.7. The fourth-order valence-electron chi connectivity index (χ4n) is 4.12. The van der Waals surface area contributed by atoms with Crippen LogP contribution in [0.15, 0.2) is 24.3 Å². The molecule has 0 spiro atoms. The molecule has 0 saturated heterocycles. The number of carbonyl (C=O) groups excluding carboxylic acids is 1. The summed E-state index contributed by atoms with van der Waals surface area (Å²) in [6.07, 6.45) is -0.107. The molecule has 9 nitrogen and oxygen atoms in total. The molecule has 1 saturated carbocycles. The van der Waals surface area contributed by atoms with E-state index < -0.39 is 29.4 Å². The van der Waals surface area contributed by atoms with Crippen molar-refractivity contribution >= 4 is 28.9 Å². The van der Waals surface area contributed by atoms with Gasteiger partial charge in [0.05, 0.1) is 12.1 Å². The molecule has 12 heteroatoms. The topological polar surface area (TPSA) is 122 Å². The zero-order chi connectivity index (χ0) is 26.7. The standard InChI is InChI=1S/C25H29F3N6O3/c1-14(2)12-30-23(35)22-33-20-18(34(22)13-16-6-8-17(9-7-16)25(26,27)28)19(31-21(32-20)24(36)37)29-11-10-15-4-3-5-15/h6-9,14-15H,3-5,10-13H2,1-2H3,(H,30,35)(H,36,37)(H,29,31,32). The normalized spacial score (nSPS) is 14.1. The molecule has 0 aliphatic heterocycles. The van der Waals surface area contributed by atoms with Gasteiger partial charge in [0, 0.05) is 13.1 Å². The van der Waals surface area contributed by atoms with Crippen LogP contribution in [0.3, 0.4) is 0 Å². The molecule has 3 N–H and O–H groups in total. The first-order valence-corrected chi connectivity index (χ1v) is 12.2. The van der Waals surface area contributed by atoms with Gasteiger partial charge in [-0.05, 0) is 36.0 Å². The molecule has 3 aromatic rings. The highest BCUT2D eigenvalue weighted by molar-refractivity contribution is 5.97. The number of halogens is 3. The molecular weight excluding hydrogens is 489 g/mol. The van der Waals surface area contributed by atoms with Crippen LogP contribution in [-0.2, 0) is 12.7 Å². The number of fused-ring (bicyclic) bond motifs is 1. The third-order valence-electron chi connectivity index (χ3n) is 6.36. The van der Waals surface area contributed by atoms with E-state index in [1.165, 1.54) is 23.1 Å². The number of hydrogen-bond acceptors (Lipinski definition) is 6. The number of imidazole rings is 1. The first-order chi connectivity index (χ1) is 17.5. The molecule has 1 aliphatic rings. The van der Waals surface area contributed by atoms with E-state index >= 15 is 0 Å². The number of nitrogens with zero attached hydrogens (tertiary/aromatic N) is 4. The Kier molecular flexibility index (Phi) is 7.65. The quantitative estimate of drug-likeness (QED) is 0.359. The van der Waals surface area contributed by atoms with Gasteiger partial charge in [0.1, 0.15) is 5.52 Å². The summed E-state index contributed by atoms with van der Waals surface area (Å²) >= 11 is 0. The lowest BCUT2D eigenvalue weighted by atomic mass is 9.83. The fourth-order valence-corrected chi connectivity index (χ4v) is 4.12. The maximum atomic E-state index is 13.1. The number of hydrogen-bond donors (Lipinski definition) is 3. The van der Waals surface area contributed by atoms with E-state index in [1.54, 1.807) is 0 Å². The Morgan fingerprint density at radius 1 is 1.14 bits per heavy atom. The Balaban J connectivity index is 1.77. The molecule has 0 atom stereocenters. The Hall–Kier alpha value is -3.70. The molecule has 2 heterocycles. The molecule has 1 aliphatic carbocycles. The predicted molar refractivity (Wildman–Crippen MR) is 130 cm³/mol. The lowest BCUT2D eigenvalue weighted by molar-refractivity contribution is -0.137. The minimum atomic E-state index is -4.47. The third kappa shape index (κ3) is 6.17. The van der Waals surface area contributed by atoms with Crippen LogP contribution in [-0.4, -0.2) is 49.6 Å². The van der Waals surface area contributed by atoms with Gasteiger partial charge < -0.3 is 20.3 Å². The minimum absolute atomic E-state index is 0.00610. The maximum absolute atomic E-state index is 13.1. The van der Waals surface area contributed by atoms with Crippen LogP contribution >= 0.6 is 0 Å². The van der Waals surface area contributed by atoms with Crippen molar-refractivity contribution in [1.29, 1.82) is 0 Å². The van der Waals surface area contributed by atoms with E-state index in [4.69, 9.17) is 0 Å². The number of carboxylic acids is 1. The molecule has 0 radical (unpaired) electrons. The van der Waals surface area contributed by atoms with Crippen LogP contribution in [0.5, 0.6) is 0 Å². The van der Waals surface area contributed by atoms with Crippen molar-refractivity contribution in [2.45, 2.75) is 52.3 Å². The van der Waals surface area contributed by atoms with Gasteiger partial charge in [-0.3, -0.25) is 4.79 Å². The Labute approximate surface area is 211 Å². The van der Waals surface area contributed by atoms with Gasteiger partial charge in [0.25, 0.3) is 5.91 Å². The smallest absolute Gasteiger partial charge is 0.416 e. The van der Waals surface area contributed by atoms with Gasteiger partial charge in [-0.15, -0.1) is 0 Å². The number of amides is 1. The summed E-state index contributed by atoms with van der Waals surface area (Å²) in [5.41, 5.74) is 0.0377. The molecular formula is C25H29F3N6O3. The molecule has 37 heavy (non-hydrogen) atoms. The van der Waals surface area contributed by atoms with Gasteiger partial charge in [0.2, 0.25) is 11.6 Å². The van der Waals surface area contributed by atoms with Crippen molar-refractivity contribution in [2.75, 3.05) is 18.4 Å². The summed E-state index contributed by atoms with van der Waals surface area (Å²) in [5, 5.41) is 15.5. The molecule has 1 fully saturated rings. The van der Waals surface area contributed by atoms with E-state index in [9.17, 15) is 27.9 Å². The number of aromatic nitrogens is 4. The second kappa shape index (κ2) is 10.7. The van der Waals surface area contributed by atoms with Crippen LogP contribution in [0.2, 0.25) is 0 Å². The number of benzene rings is 1. The number of carboxylic acid groups (broad SMARTS) is 1. The van der Waals surface area contributed by atoms with E-state index in [0.29, 0.717) is 30.1 Å². The second-order valence-electron chi connectivity index (χ2n) is 9.71. The van der Waals surface area contributed by atoms with E-state index in [2.05, 4.69) is 25.6 Å². The maximum Gasteiger partial charge on any atom is 0.416 e. The van der Waals surface area contributed by atoms with Crippen LogP contribution in [0.25, 0.3) is 11.2 Å². The average Bonchev–Trinajstić information content (AvgIpc) is 3.17. The average molecular weight is 519 g/mol. The Morgan fingerprint density at radius 2 is 1.84 bits per heavy atom. The largest absolute Gasteiger partial charge is 0.475 e. The van der Waals surface area contributed by atoms with E-state index in [-0.39, 0.29) is 29.8 Å². The van der Waals surface area contributed by atoms with Crippen molar-refractivity contribution in [3.05, 3.63) is 47.0 Å². The first kappa shape index (κ1) is 26.4. The highest BCUT2D eigenvalue weighted by Crippen LogP contribution is 2.31. The van der Waals surface area contributed by atoms with Gasteiger partial charge >= 0.3 is 12.1 Å². The van der Waals surface area contributed by atoms with Crippen molar-refractivity contribution in [2.24, 2.45) is 11.8 Å². The van der Waals surface area contributed by atoms with Crippen LogP contribution in [0, 0.1) is 11.8 Å². The lowest BCUT2D eigenvalue weighted by Crippen LogP contribution is -2.30. The van der Waals surface area contributed by atoms with Gasteiger partial charge in [-0.2, -0.15) is 13.2 Å². The third-order valence-corrected chi connectivity index (χ3v) is 6.36. The number of carbonyl (C=O) groups is 2. The van der Waals surface area contributed by atoms with Crippen LogP contribution in [0.1, 0.15) is 71.9 Å². The zero-order valence-corrected chi connectivity index (χ0v) is 20.6. The number of anilines is 1. The van der Waals surface area contributed by atoms with Gasteiger partial charge in [-0.1, -0.05) is 45.2 Å². The predicted octanol–water partition coefficient (Wildman–Crippen LogP) is 4.58. The van der Waals surface area contributed by atoms with Crippen molar-refractivity contribution < 1.29 is 27.9 Å². The van der Waals surface area contributed by atoms with Crippen molar-refractivity contribution in [1.82, 2.24) is 24.8 Å². The van der Waals surface area contributed by atoms with Crippen LogP contribution in [0.4, 0.5) is 19.0 Å². The summed E-state index contributed by atoms with van der Waals surface area (Å²) in [7, 11) is 0. The Morgan fingerprint density at radius 3 is 2.41 bits per heavy atom. The highest BCUT2D eigenvalue weighted by atomic mass is 19.4. The number of alkyl halides is 3. The zero-order valence-electron chi connectivity index (χ0n) is 20.6. The SMILES string of the molecule is CC(C)CNC(=O)c1nc2nc(C(=O)O)nc(NCCC3CCC3)c2n1Cc1ccc(C(F)(F)F)cc1. The van der Waals surface area contributed by atoms with Gasteiger partial charge in [-0.25, -0.2) is 19.7 Å². The van der Waals surface area contributed by atoms with Gasteiger partial charge in [0.15, 0.2) is 11.5 Å². The fraction of sp³-hybridized carbons (Fsp3) is 0.480. The second-order valence-corrected chi connectivity index (χ2v) is 9.71. The molecule has 1 amide bonds.